The van der Waals surface area contributed by atoms with Crippen molar-refractivity contribution in [2.45, 2.75) is 32.1 Å². The van der Waals surface area contributed by atoms with Crippen molar-refractivity contribution in [3.8, 4) is 0 Å². The molecule has 5 heteroatoms. The van der Waals surface area contributed by atoms with E-state index in [1.807, 2.05) is 61.7 Å². The smallest absolute Gasteiger partial charge is 0.306 e. The van der Waals surface area contributed by atoms with Gasteiger partial charge in [0.15, 0.2) is 6.61 Å². The molecule has 5 nitrogen and oxygen atoms in total. The Morgan fingerprint density at radius 2 is 1.82 bits per heavy atom. The second kappa shape index (κ2) is 9.74. The monoisotopic (exact) mass is 378 g/mol. The van der Waals surface area contributed by atoms with Crippen molar-refractivity contribution in [3.05, 3.63) is 71.9 Å². The second-order valence-corrected chi connectivity index (χ2v) is 6.99. The highest BCUT2D eigenvalue weighted by molar-refractivity contribution is 5.83. The van der Waals surface area contributed by atoms with E-state index in [0.717, 1.165) is 17.5 Å². The van der Waals surface area contributed by atoms with Gasteiger partial charge < -0.3 is 15.0 Å². The molecule has 0 aliphatic rings. The number of carbonyl (C=O) groups is 2. The summed E-state index contributed by atoms with van der Waals surface area (Å²) in [6, 6.07) is 18.1. The number of aryl methyl sites for hydroxylation is 1. The van der Waals surface area contributed by atoms with Crippen molar-refractivity contribution < 1.29 is 14.3 Å². The van der Waals surface area contributed by atoms with Crippen molar-refractivity contribution in [1.82, 2.24) is 10.3 Å². The topological polar surface area (TPSA) is 71.2 Å². The lowest BCUT2D eigenvalue weighted by Gasteiger charge is -2.13. The lowest BCUT2D eigenvalue weighted by Crippen LogP contribution is -2.31. The van der Waals surface area contributed by atoms with Crippen LogP contribution < -0.4 is 5.32 Å². The van der Waals surface area contributed by atoms with E-state index in [1.54, 1.807) is 0 Å². The van der Waals surface area contributed by atoms with Crippen LogP contribution in [-0.2, 0) is 20.7 Å². The van der Waals surface area contributed by atoms with E-state index in [1.165, 1.54) is 10.9 Å². The Morgan fingerprint density at radius 1 is 1.07 bits per heavy atom. The van der Waals surface area contributed by atoms with Crippen LogP contribution in [-0.4, -0.2) is 30.0 Å². The van der Waals surface area contributed by atoms with E-state index in [-0.39, 0.29) is 24.4 Å². The number of hydrogen-bond donors (Lipinski definition) is 2. The Labute approximate surface area is 165 Å². The number of para-hydroxylation sites is 1. The Bertz CT molecular complexity index is 918. The molecule has 1 heterocycles. The van der Waals surface area contributed by atoms with Crippen LogP contribution in [0, 0.1) is 0 Å². The van der Waals surface area contributed by atoms with Crippen LogP contribution in [0.3, 0.4) is 0 Å². The van der Waals surface area contributed by atoms with E-state index in [0.29, 0.717) is 19.4 Å². The van der Waals surface area contributed by atoms with E-state index < -0.39 is 0 Å². The molecule has 0 unspecified atom stereocenters. The summed E-state index contributed by atoms with van der Waals surface area (Å²) in [5.74, 6) is -0.407. The maximum atomic E-state index is 11.9. The summed E-state index contributed by atoms with van der Waals surface area (Å²) < 4.78 is 5.09. The van der Waals surface area contributed by atoms with Gasteiger partial charge in [-0.2, -0.15) is 0 Å². The van der Waals surface area contributed by atoms with E-state index in [9.17, 15) is 9.59 Å². The molecule has 28 heavy (non-hydrogen) atoms. The summed E-state index contributed by atoms with van der Waals surface area (Å²) >= 11 is 0. The van der Waals surface area contributed by atoms with Gasteiger partial charge in [-0.15, -0.1) is 0 Å². The normalized spacial score (nSPS) is 11.9. The van der Waals surface area contributed by atoms with Crippen LogP contribution in [0.5, 0.6) is 0 Å². The Balaban J connectivity index is 1.33. The molecular formula is C23H26N2O3. The lowest BCUT2D eigenvalue weighted by molar-refractivity contribution is -0.148. The molecule has 146 valence electrons. The van der Waals surface area contributed by atoms with Gasteiger partial charge in [-0.1, -0.05) is 55.5 Å². The standard InChI is InChI=1S/C23H26N2O3/c1-17(18-8-3-2-4-9-18)14-25-22(26)16-28-23(27)13-7-10-19-15-24-21-12-6-5-11-20(19)21/h2-6,8-9,11-12,15,17,24H,7,10,13-14,16H2,1H3,(H,25,26)/t17-/m0/s1. The number of H-pyrrole nitrogens is 1. The van der Waals surface area contributed by atoms with Crippen LogP contribution in [0.25, 0.3) is 10.9 Å². The maximum absolute atomic E-state index is 11.9. The van der Waals surface area contributed by atoms with Crippen LogP contribution in [0.15, 0.2) is 60.8 Å². The minimum atomic E-state index is -0.342. The molecule has 0 saturated heterocycles. The molecule has 0 aliphatic carbocycles. The third-order valence-electron chi connectivity index (χ3n) is 4.84. The first-order chi connectivity index (χ1) is 13.6. The Kier molecular flexibility index (Phi) is 6.84. The zero-order valence-electron chi connectivity index (χ0n) is 16.1. The average Bonchev–Trinajstić information content (AvgIpc) is 3.14. The third kappa shape index (κ3) is 5.46. The van der Waals surface area contributed by atoms with Crippen molar-refractivity contribution >= 4 is 22.8 Å². The second-order valence-electron chi connectivity index (χ2n) is 6.99. The molecule has 0 bridgehead atoms. The average molecular weight is 378 g/mol. The molecule has 0 saturated carbocycles. The molecule has 3 rings (SSSR count). The third-order valence-corrected chi connectivity index (χ3v) is 4.84. The minimum Gasteiger partial charge on any atom is -0.456 e. The molecule has 2 aromatic carbocycles. The minimum absolute atomic E-state index is 0.206. The number of benzene rings is 2. The summed E-state index contributed by atoms with van der Waals surface area (Å²) in [6.45, 7) is 2.33. The number of rotatable bonds is 9. The Morgan fingerprint density at radius 3 is 2.64 bits per heavy atom. The van der Waals surface area contributed by atoms with Crippen molar-refractivity contribution in [3.63, 3.8) is 0 Å². The summed E-state index contributed by atoms with van der Waals surface area (Å²) in [5.41, 5.74) is 3.45. The summed E-state index contributed by atoms with van der Waals surface area (Å²) in [5, 5.41) is 4.00. The summed E-state index contributed by atoms with van der Waals surface area (Å²) in [6.07, 6.45) is 3.76. The van der Waals surface area contributed by atoms with Crippen LogP contribution in [0.1, 0.15) is 36.8 Å². The predicted molar refractivity (Wildman–Crippen MR) is 110 cm³/mol. The highest BCUT2D eigenvalue weighted by atomic mass is 16.5. The van der Waals surface area contributed by atoms with Gasteiger partial charge in [-0.25, -0.2) is 0 Å². The molecule has 0 aliphatic heterocycles. The van der Waals surface area contributed by atoms with Gasteiger partial charge in [-0.3, -0.25) is 9.59 Å². The van der Waals surface area contributed by atoms with E-state index in [2.05, 4.69) is 16.4 Å². The van der Waals surface area contributed by atoms with Crippen molar-refractivity contribution in [1.29, 1.82) is 0 Å². The van der Waals surface area contributed by atoms with E-state index >= 15 is 0 Å². The molecule has 1 amide bonds. The van der Waals surface area contributed by atoms with Gasteiger partial charge in [0.05, 0.1) is 0 Å². The number of aromatic nitrogens is 1. The number of fused-ring (bicyclic) bond motifs is 1. The fourth-order valence-corrected chi connectivity index (χ4v) is 3.20. The molecule has 0 fully saturated rings. The number of aromatic amines is 1. The first kappa shape index (κ1) is 19.7. The number of esters is 1. The van der Waals surface area contributed by atoms with Gasteiger partial charge in [0.2, 0.25) is 0 Å². The van der Waals surface area contributed by atoms with Crippen molar-refractivity contribution in [2.75, 3.05) is 13.2 Å². The lowest BCUT2D eigenvalue weighted by atomic mass is 10.0. The predicted octanol–water partition coefficient (Wildman–Crippen LogP) is 3.95. The zero-order chi connectivity index (χ0) is 19.8. The van der Waals surface area contributed by atoms with Gasteiger partial charge in [0, 0.05) is 30.1 Å². The van der Waals surface area contributed by atoms with Gasteiger partial charge >= 0.3 is 5.97 Å². The van der Waals surface area contributed by atoms with Gasteiger partial charge in [0.25, 0.3) is 5.91 Å². The number of ether oxygens (including phenoxy) is 1. The van der Waals surface area contributed by atoms with Crippen molar-refractivity contribution in [2.24, 2.45) is 0 Å². The van der Waals surface area contributed by atoms with Crippen LogP contribution in [0.2, 0.25) is 0 Å². The molecule has 1 atom stereocenters. The SMILES string of the molecule is C[C@@H](CNC(=O)COC(=O)CCCc1c[nH]c2ccccc12)c1ccccc1. The number of nitrogens with one attached hydrogen (secondary N) is 2. The molecule has 2 N–H and O–H groups in total. The fraction of sp³-hybridized carbons (Fsp3) is 0.304. The largest absolute Gasteiger partial charge is 0.456 e. The fourth-order valence-electron chi connectivity index (χ4n) is 3.20. The zero-order valence-corrected chi connectivity index (χ0v) is 16.1. The number of carbonyl (C=O) groups excluding carboxylic acids is 2. The molecular weight excluding hydrogens is 352 g/mol. The van der Waals surface area contributed by atoms with Crippen LogP contribution >= 0.6 is 0 Å². The van der Waals surface area contributed by atoms with Crippen LogP contribution in [0.4, 0.5) is 0 Å². The van der Waals surface area contributed by atoms with Gasteiger partial charge in [-0.05, 0) is 36.0 Å². The molecule has 1 aromatic heterocycles. The Hall–Kier alpha value is -3.08. The molecule has 0 radical (unpaired) electrons. The maximum Gasteiger partial charge on any atom is 0.306 e. The summed E-state index contributed by atoms with van der Waals surface area (Å²) in [4.78, 5) is 27.0. The van der Waals surface area contributed by atoms with E-state index in [4.69, 9.17) is 4.74 Å². The number of amides is 1. The first-order valence-corrected chi connectivity index (χ1v) is 9.65. The quantitative estimate of drug-likeness (QED) is 0.554. The number of hydrogen-bond acceptors (Lipinski definition) is 3. The molecule has 0 spiro atoms. The highest BCUT2D eigenvalue weighted by Gasteiger charge is 2.11. The highest BCUT2D eigenvalue weighted by Crippen LogP contribution is 2.19. The van der Waals surface area contributed by atoms with Gasteiger partial charge in [0.1, 0.15) is 0 Å². The summed E-state index contributed by atoms with van der Waals surface area (Å²) in [7, 11) is 0. The first-order valence-electron chi connectivity index (χ1n) is 9.65. The molecule has 3 aromatic rings.